The lowest BCUT2D eigenvalue weighted by molar-refractivity contribution is 0.842. The summed E-state index contributed by atoms with van der Waals surface area (Å²) in [5, 5.41) is 3.44. The van der Waals surface area contributed by atoms with E-state index in [0.717, 1.165) is 18.1 Å². The van der Waals surface area contributed by atoms with Crippen LogP contribution in [0.4, 0.5) is 11.5 Å². The Hall–Kier alpha value is -0.900. The van der Waals surface area contributed by atoms with E-state index in [0.29, 0.717) is 0 Å². The fourth-order valence-electron chi connectivity index (χ4n) is 1.49. The standard InChI is InChI=1S/C12H21N3S/c1-15(2)12-11(7-6-9-14-12)13-8-4-5-10-16-3/h6-7,9,13H,4-5,8,10H2,1-3H3. The van der Waals surface area contributed by atoms with Crippen LogP contribution in [0.15, 0.2) is 18.3 Å². The van der Waals surface area contributed by atoms with Gasteiger partial charge in [0.2, 0.25) is 0 Å². The van der Waals surface area contributed by atoms with E-state index in [1.165, 1.54) is 18.6 Å². The molecule has 0 radical (unpaired) electrons. The van der Waals surface area contributed by atoms with Crippen LogP contribution in [0.25, 0.3) is 0 Å². The normalized spacial score (nSPS) is 10.2. The van der Waals surface area contributed by atoms with Crippen LogP contribution in [0.1, 0.15) is 12.8 Å². The van der Waals surface area contributed by atoms with Gasteiger partial charge in [-0.15, -0.1) is 0 Å². The van der Waals surface area contributed by atoms with Gasteiger partial charge in [-0.2, -0.15) is 11.8 Å². The Labute approximate surface area is 103 Å². The number of thioether (sulfide) groups is 1. The molecule has 1 heterocycles. The van der Waals surface area contributed by atoms with Gasteiger partial charge in [-0.1, -0.05) is 0 Å². The molecule has 0 aromatic carbocycles. The zero-order valence-electron chi connectivity index (χ0n) is 10.4. The Kier molecular flexibility index (Phi) is 6.08. The molecule has 4 heteroatoms. The van der Waals surface area contributed by atoms with Crippen LogP contribution in [0.2, 0.25) is 0 Å². The molecule has 0 saturated heterocycles. The van der Waals surface area contributed by atoms with E-state index >= 15 is 0 Å². The maximum atomic E-state index is 4.35. The lowest BCUT2D eigenvalue weighted by Gasteiger charge is -2.16. The Morgan fingerprint density at radius 3 is 2.88 bits per heavy atom. The van der Waals surface area contributed by atoms with E-state index in [2.05, 4.69) is 22.6 Å². The van der Waals surface area contributed by atoms with Crippen molar-refractivity contribution in [3.63, 3.8) is 0 Å². The topological polar surface area (TPSA) is 28.2 Å². The molecular weight excluding hydrogens is 218 g/mol. The molecule has 16 heavy (non-hydrogen) atoms. The Bertz CT molecular complexity index is 302. The van der Waals surface area contributed by atoms with Crippen LogP contribution >= 0.6 is 11.8 Å². The monoisotopic (exact) mass is 239 g/mol. The smallest absolute Gasteiger partial charge is 0.151 e. The second-order valence-corrected chi connectivity index (χ2v) is 4.88. The van der Waals surface area contributed by atoms with Crippen molar-refractivity contribution in [1.82, 2.24) is 4.98 Å². The lowest BCUT2D eigenvalue weighted by atomic mass is 10.3. The third-order valence-electron chi connectivity index (χ3n) is 2.30. The van der Waals surface area contributed by atoms with E-state index in [9.17, 15) is 0 Å². The highest BCUT2D eigenvalue weighted by Crippen LogP contribution is 2.20. The van der Waals surface area contributed by atoms with Gasteiger partial charge in [-0.25, -0.2) is 4.98 Å². The number of nitrogens with zero attached hydrogens (tertiary/aromatic N) is 2. The molecule has 1 aromatic rings. The first-order valence-electron chi connectivity index (χ1n) is 5.61. The minimum Gasteiger partial charge on any atom is -0.382 e. The molecule has 0 aliphatic rings. The van der Waals surface area contributed by atoms with E-state index in [1.807, 2.05) is 43.0 Å². The summed E-state index contributed by atoms with van der Waals surface area (Å²) in [6.45, 7) is 1.02. The molecule has 0 saturated carbocycles. The van der Waals surface area contributed by atoms with Crippen molar-refractivity contribution in [2.75, 3.05) is 42.9 Å². The molecule has 0 bridgehead atoms. The number of unbranched alkanes of at least 4 members (excludes halogenated alkanes) is 1. The third kappa shape index (κ3) is 4.31. The minimum absolute atomic E-state index is 1.01. The molecule has 1 N–H and O–H groups in total. The van der Waals surface area contributed by atoms with Crippen molar-refractivity contribution in [1.29, 1.82) is 0 Å². The summed E-state index contributed by atoms with van der Waals surface area (Å²) in [6.07, 6.45) is 6.46. The quantitative estimate of drug-likeness (QED) is 0.741. The summed E-state index contributed by atoms with van der Waals surface area (Å²) in [5.74, 6) is 2.25. The SMILES string of the molecule is CSCCCCNc1cccnc1N(C)C. The molecule has 0 fully saturated rings. The summed E-state index contributed by atoms with van der Waals surface area (Å²) in [4.78, 5) is 6.38. The number of pyridine rings is 1. The third-order valence-corrected chi connectivity index (χ3v) is 3.00. The van der Waals surface area contributed by atoms with Gasteiger partial charge in [0.05, 0.1) is 5.69 Å². The van der Waals surface area contributed by atoms with E-state index < -0.39 is 0 Å². The first kappa shape index (κ1) is 13.2. The molecule has 0 unspecified atom stereocenters. The number of hydrogen-bond acceptors (Lipinski definition) is 4. The average molecular weight is 239 g/mol. The van der Waals surface area contributed by atoms with E-state index in [1.54, 1.807) is 0 Å². The average Bonchev–Trinajstić information content (AvgIpc) is 2.29. The zero-order valence-corrected chi connectivity index (χ0v) is 11.2. The largest absolute Gasteiger partial charge is 0.382 e. The first-order chi connectivity index (χ1) is 7.75. The van der Waals surface area contributed by atoms with Crippen LogP contribution in [0, 0.1) is 0 Å². The molecule has 0 aliphatic heterocycles. The molecule has 0 spiro atoms. The second kappa shape index (κ2) is 7.39. The van der Waals surface area contributed by atoms with Gasteiger partial charge >= 0.3 is 0 Å². The number of rotatable bonds is 7. The fourth-order valence-corrected chi connectivity index (χ4v) is 1.98. The van der Waals surface area contributed by atoms with Gasteiger partial charge in [-0.05, 0) is 37.0 Å². The number of aromatic nitrogens is 1. The van der Waals surface area contributed by atoms with Crippen LogP contribution in [0.5, 0.6) is 0 Å². The molecule has 0 atom stereocenters. The number of nitrogens with one attached hydrogen (secondary N) is 1. The molecule has 1 rings (SSSR count). The molecule has 0 amide bonds. The maximum absolute atomic E-state index is 4.35. The molecule has 3 nitrogen and oxygen atoms in total. The van der Waals surface area contributed by atoms with Crippen molar-refractivity contribution in [2.24, 2.45) is 0 Å². The van der Waals surface area contributed by atoms with E-state index in [4.69, 9.17) is 0 Å². The van der Waals surface area contributed by atoms with Crippen LogP contribution in [-0.4, -0.2) is 37.6 Å². The minimum atomic E-state index is 1.01. The van der Waals surface area contributed by atoms with Crippen LogP contribution in [-0.2, 0) is 0 Å². The van der Waals surface area contributed by atoms with Gasteiger partial charge in [0, 0.05) is 26.8 Å². The van der Waals surface area contributed by atoms with Gasteiger partial charge in [-0.3, -0.25) is 0 Å². The van der Waals surface area contributed by atoms with Crippen molar-refractivity contribution in [3.05, 3.63) is 18.3 Å². The Balaban J connectivity index is 2.41. The van der Waals surface area contributed by atoms with Gasteiger partial charge in [0.25, 0.3) is 0 Å². The lowest BCUT2D eigenvalue weighted by Crippen LogP contribution is -2.14. The Morgan fingerprint density at radius 1 is 1.38 bits per heavy atom. The number of hydrogen-bond donors (Lipinski definition) is 1. The second-order valence-electron chi connectivity index (χ2n) is 3.90. The summed E-state index contributed by atoms with van der Waals surface area (Å²) in [6, 6.07) is 4.05. The summed E-state index contributed by atoms with van der Waals surface area (Å²) < 4.78 is 0. The summed E-state index contributed by atoms with van der Waals surface area (Å²) >= 11 is 1.91. The highest BCUT2D eigenvalue weighted by Gasteiger charge is 2.03. The molecular formula is C12H21N3S. The molecule has 90 valence electrons. The van der Waals surface area contributed by atoms with Gasteiger partial charge < -0.3 is 10.2 Å². The molecule has 1 aromatic heterocycles. The first-order valence-corrected chi connectivity index (χ1v) is 7.00. The predicted octanol–water partition coefficient (Wildman–Crippen LogP) is 2.70. The Morgan fingerprint density at radius 2 is 2.19 bits per heavy atom. The summed E-state index contributed by atoms with van der Waals surface area (Å²) in [5.41, 5.74) is 1.12. The van der Waals surface area contributed by atoms with Crippen LogP contribution in [0.3, 0.4) is 0 Å². The van der Waals surface area contributed by atoms with Crippen molar-refractivity contribution in [2.45, 2.75) is 12.8 Å². The fraction of sp³-hybridized carbons (Fsp3) is 0.583. The highest BCUT2D eigenvalue weighted by molar-refractivity contribution is 7.98. The van der Waals surface area contributed by atoms with E-state index in [-0.39, 0.29) is 0 Å². The maximum Gasteiger partial charge on any atom is 0.151 e. The molecule has 0 aliphatic carbocycles. The van der Waals surface area contributed by atoms with Crippen molar-refractivity contribution in [3.8, 4) is 0 Å². The summed E-state index contributed by atoms with van der Waals surface area (Å²) in [7, 11) is 4.03. The van der Waals surface area contributed by atoms with Crippen LogP contribution < -0.4 is 10.2 Å². The highest BCUT2D eigenvalue weighted by atomic mass is 32.2. The van der Waals surface area contributed by atoms with Crippen molar-refractivity contribution >= 4 is 23.3 Å². The van der Waals surface area contributed by atoms with Gasteiger partial charge in [0.1, 0.15) is 0 Å². The zero-order chi connectivity index (χ0) is 11.8. The van der Waals surface area contributed by atoms with Gasteiger partial charge in [0.15, 0.2) is 5.82 Å². The number of anilines is 2. The predicted molar refractivity (Wildman–Crippen MR) is 74.7 cm³/mol. The van der Waals surface area contributed by atoms with Crippen molar-refractivity contribution < 1.29 is 0 Å².